The van der Waals surface area contributed by atoms with Gasteiger partial charge in [0.1, 0.15) is 11.3 Å². The maximum Gasteiger partial charge on any atom is 0.261 e. The first-order valence-electron chi connectivity index (χ1n) is 4.99. The van der Waals surface area contributed by atoms with Crippen LogP contribution in [0.5, 0.6) is 0 Å². The molecular weight excluding hydrogens is 220 g/mol. The van der Waals surface area contributed by atoms with Crippen molar-refractivity contribution in [2.24, 2.45) is 0 Å². The molecule has 0 spiro atoms. The lowest BCUT2D eigenvalue weighted by molar-refractivity contribution is 0.881. The second-order valence-corrected chi connectivity index (χ2v) is 3.55. The maximum atomic E-state index is 12.1. The van der Waals surface area contributed by atoms with Crippen LogP contribution >= 0.6 is 0 Å². The van der Waals surface area contributed by atoms with Gasteiger partial charge in [-0.1, -0.05) is 6.07 Å². The van der Waals surface area contributed by atoms with E-state index in [0.29, 0.717) is 22.7 Å². The second-order valence-electron chi connectivity index (χ2n) is 3.55. The summed E-state index contributed by atoms with van der Waals surface area (Å²) in [4.78, 5) is 16.4. The van der Waals surface area contributed by atoms with Crippen molar-refractivity contribution in [1.29, 1.82) is 0 Å². The largest absolute Gasteiger partial charge is 0.269 e. The highest BCUT2D eigenvalue weighted by molar-refractivity contribution is 5.57. The first-order valence-corrected chi connectivity index (χ1v) is 4.99. The molecule has 3 aromatic heterocycles. The maximum absolute atomic E-state index is 12.1. The van der Waals surface area contributed by atoms with Crippen LogP contribution in [0.25, 0.3) is 17.2 Å². The van der Waals surface area contributed by atoms with E-state index in [1.807, 2.05) is 6.07 Å². The summed E-state index contributed by atoms with van der Waals surface area (Å²) in [5.74, 6) is 0.325. The summed E-state index contributed by atoms with van der Waals surface area (Å²) in [5.41, 5.74) is 1.38. The number of nitrogens with one attached hydrogen (secondary N) is 1. The highest BCUT2D eigenvalue weighted by atomic mass is 16.1. The molecule has 0 aromatic carbocycles. The minimum absolute atomic E-state index is 0.129. The van der Waals surface area contributed by atoms with Crippen molar-refractivity contribution < 1.29 is 0 Å². The fourth-order valence-corrected chi connectivity index (χ4v) is 1.66. The van der Waals surface area contributed by atoms with Crippen molar-refractivity contribution in [2.45, 2.75) is 6.92 Å². The minimum Gasteiger partial charge on any atom is -0.269 e. The zero-order chi connectivity index (χ0) is 11.8. The summed E-state index contributed by atoms with van der Waals surface area (Å²) in [7, 11) is 0. The van der Waals surface area contributed by atoms with Gasteiger partial charge in [-0.05, 0) is 24.3 Å². The Morgan fingerprint density at radius 1 is 1.35 bits per heavy atom. The molecule has 7 heteroatoms. The second kappa shape index (κ2) is 3.48. The molecule has 3 heterocycles. The minimum atomic E-state index is -0.129. The average Bonchev–Trinajstić information content (AvgIpc) is 2.87. The van der Waals surface area contributed by atoms with Crippen molar-refractivity contribution in [3.63, 3.8) is 0 Å². The van der Waals surface area contributed by atoms with Crippen LogP contribution in [0.1, 0.15) is 5.56 Å². The van der Waals surface area contributed by atoms with E-state index in [2.05, 4.69) is 25.6 Å². The molecular formula is C10H8N6O. The van der Waals surface area contributed by atoms with E-state index in [9.17, 15) is 4.79 Å². The van der Waals surface area contributed by atoms with E-state index in [4.69, 9.17) is 0 Å². The summed E-state index contributed by atoms with van der Waals surface area (Å²) in [6, 6.07) is 5.35. The van der Waals surface area contributed by atoms with Crippen molar-refractivity contribution in [3.05, 3.63) is 40.3 Å². The van der Waals surface area contributed by atoms with Gasteiger partial charge in [0.25, 0.3) is 5.56 Å². The summed E-state index contributed by atoms with van der Waals surface area (Å²) in [5, 5.41) is 13.5. The predicted octanol–water partition coefficient (Wildman–Crippen LogP) is 0.183. The number of rotatable bonds is 1. The van der Waals surface area contributed by atoms with E-state index in [-0.39, 0.29) is 5.56 Å². The Hall–Kier alpha value is -2.57. The molecule has 7 nitrogen and oxygen atoms in total. The van der Waals surface area contributed by atoms with E-state index in [1.54, 1.807) is 25.3 Å². The van der Waals surface area contributed by atoms with E-state index in [0.717, 1.165) is 0 Å². The van der Waals surface area contributed by atoms with E-state index in [1.165, 1.54) is 4.40 Å². The molecule has 0 aliphatic rings. The van der Waals surface area contributed by atoms with Crippen LogP contribution in [0, 0.1) is 6.92 Å². The number of aromatic nitrogens is 6. The molecule has 17 heavy (non-hydrogen) atoms. The Morgan fingerprint density at radius 3 is 3.00 bits per heavy atom. The number of fused-ring (bicyclic) bond motifs is 1. The first kappa shape index (κ1) is 9.64. The first-order chi connectivity index (χ1) is 8.27. The molecule has 84 valence electrons. The Balaban J connectivity index is 2.42. The molecule has 3 aromatic rings. The van der Waals surface area contributed by atoms with Crippen LogP contribution < -0.4 is 5.56 Å². The molecule has 0 aliphatic carbocycles. The topological polar surface area (TPSA) is 88.8 Å². The molecule has 0 radical (unpaired) electrons. The van der Waals surface area contributed by atoms with E-state index < -0.39 is 0 Å². The number of tetrazole rings is 1. The molecule has 0 amide bonds. The van der Waals surface area contributed by atoms with Gasteiger partial charge >= 0.3 is 0 Å². The molecule has 0 atom stereocenters. The van der Waals surface area contributed by atoms with Gasteiger partial charge in [-0.3, -0.25) is 9.20 Å². The normalized spacial score (nSPS) is 10.9. The average molecular weight is 228 g/mol. The van der Waals surface area contributed by atoms with Gasteiger partial charge in [0, 0.05) is 11.8 Å². The molecule has 0 aliphatic heterocycles. The van der Waals surface area contributed by atoms with Gasteiger partial charge < -0.3 is 0 Å². The van der Waals surface area contributed by atoms with Crippen LogP contribution in [0.4, 0.5) is 0 Å². The quantitative estimate of drug-likeness (QED) is 0.642. The number of aromatic amines is 1. The number of nitrogens with zero attached hydrogens (tertiary/aromatic N) is 5. The molecule has 3 rings (SSSR count). The van der Waals surface area contributed by atoms with Crippen LogP contribution in [-0.4, -0.2) is 30.0 Å². The summed E-state index contributed by atoms with van der Waals surface area (Å²) >= 11 is 0. The number of H-pyrrole nitrogens is 1. The molecule has 0 bridgehead atoms. The third-order valence-corrected chi connectivity index (χ3v) is 2.52. The summed E-state index contributed by atoms with van der Waals surface area (Å²) in [6.45, 7) is 1.69. The fraction of sp³-hybridized carbons (Fsp3) is 0.100. The number of pyridine rings is 1. The van der Waals surface area contributed by atoms with Crippen LogP contribution in [0.2, 0.25) is 0 Å². The standard InChI is InChI=1S/C10H8N6O/c1-6-8(9-12-14-15-13-9)11-7-4-2-3-5-16(7)10(6)17/h2-5H,1H3,(H,12,13,14,15). The zero-order valence-corrected chi connectivity index (χ0v) is 8.95. The summed E-state index contributed by atoms with van der Waals surface area (Å²) < 4.78 is 1.49. The van der Waals surface area contributed by atoms with Crippen molar-refractivity contribution in [3.8, 4) is 11.5 Å². The highest BCUT2D eigenvalue weighted by Crippen LogP contribution is 2.13. The Kier molecular flexibility index (Phi) is 1.97. The van der Waals surface area contributed by atoms with Gasteiger partial charge in [0.2, 0.25) is 5.82 Å². The Morgan fingerprint density at radius 2 is 2.24 bits per heavy atom. The lowest BCUT2D eigenvalue weighted by Crippen LogP contribution is -2.18. The number of hydrogen-bond acceptors (Lipinski definition) is 5. The van der Waals surface area contributed by atoms with Gasteiger partial charge in [0.05, 0.1) is 0 Å². The Labute approximate surface area is 95.1 Å². The molecule has 1 N–H and O–H groups in total. The van der Waals surface area contributed by atoms with Gasteiger partial charge in [-0.15, -0.1) is 10.2 Å². The third-order valence-electron chi connectivity index (χ3n) is 2.52. The van der Waals surface area contributed by atoms with Crippen molar-refractivity contribution in [1.82, 2.24) is 30.0 Å². The SMILES string of the molecule is Cc1c(-c2nn[nH]n2)nc2ccccn2c1=O. The van der Waals surface area contributed by atoms with Crippen molar-refractivity contribution >= 4 is 5.65 Å². The predicted molar refractivity (Wildman–Crippen MR) is 59.4 cm³/mol. The third kappa shape index (κ3) is 1.40. The van der Waals surface area contributed by atoms with Crippen LogP contribution in [0.3, 0.4) is 0 Å². The van der Waals surface area contributed by atoms with Gasteiger partial charge in [0.15, 0.2) is 0 Å². The van der Waals surface area contributed by atoms with Crippen molar-refractivity contribution in [2.75, 3.05) is 0 Å². The molecule has 0 fully saturated rings. The van der Waals surface area contributed by atoms with E-state index >= 15 is 0 Å². The lowest BCUT2D eigenvalue weighted by Gasteiger charge is -2.04. The highest BCUT2D eigenvalue weighted by Gasteiger charge is 2.13. The molecule has 0 saturated heterocycles. The molecule has 0 saturated carbocycles. The number of hydrogen-bond donors (Lipinski definition) is 1. The monoisotopic (exact) mass is 228 g/mol. The Bertz CT molecular complexity index is 730. The van der Waals surface area contributed by atoms with Crippen LogP contribution in [0.15, 0.2) is 29.2 Å². The smallest absolute Gasteiger partial charge is 0.261 e. The lowest BCUT2D eigenvalue weighted by atomic mass is 10.2. The van der Waals surface area contributed by atoms with Crippen LogP contribution in [-0.2, 0) is 0 Å². The van der Waals surface area contributed by atoms with Gasteiger partial charge in [-0.2, -0.15) is 5.21 Å². The fourth-order valence-electron chi connectivity index (χ4n) is 1.66. The molecule has 0 unspecified atom stereocenters. The summed E-state index contributed by atoms with van der Waals surface area (Å²) in [6.07, 6.45) is 1.68. The zero-order valence-electron chi connectivity index (χ0n) is 8.95. The van der Waals surface area contributed by atoms with Gasteiger partial charge in [-0.25, -0.2) is 4.98 Å².